The molecule has 0 aliphatic heterocycles. The van der Waals surface area contributed by atoms with Gasteiger partial charge < -0.3 is 9.05 Å². The van der Waals surface area contributed by atoms with Crippen molar-refractivity contribution in [2.75, 3.05) is 19.4 Å². The van der Waals surface area contributed by atoms with Crippen LogP contribution < -0.4 is 0 Å². The highest BCUT2D eigenvalue weighted by atomic mass is 79.9. The van der Waals surface area contributed by atoms with Gasteiger partial charge in [0, 0.05) is 0 Å². The summed E-state index contributed by atoms with van der Waals surface area (Å²) < 4.78 is 21.7. The van der Waals surface area contributed by atoms with Crippen molar-refractivity contribution in [2.45, 2.75) is 13.8 Å². The maximum absolute atomic E-state index is 11.7. The zero-order valence-corrected chi connectivity index (χ0v) is 9.81. The van der Waals surface area contributed by atoms with E-state index in [1.54, 1.807) is 24.9 Å². The van der Waals surface area contributed by atoms with Crippen LogP contribution in [0.25, 0.3) is 0 Å². The van der Waals surface area contributed by atoms with Crippen molar-refractivity contribution in [3.8, 4) is 0 Å². The predicted octanol–water partition coefficient (Wildman–Crippen LogP) is 3.16. The summed E-state index contributed by atoms with van der Waals surface area (Å²) in [6, 6.07) is 0. The minimum atomic E-state index is -2.85. The van der Waals surface area contributed by atoms with Crippen molar-refractivity contribution >= 4 is 23.5 Å². The zero-order valence-electron chi connectivity index (χ0n) is 7.33. The highest BCUT2D eigenvalue weighted by Crippen LogP contribution is 2.47. The summed E-state index contributed by atoms with van der Waals surface area (Å²) in [7, 11) is -2.85. The normalized spacial score (nSPS) is 12.6. The molecule has 72 valence electrons. The lowest BCUT2D eigenvalue weighted by atomic mass is 10.8. The molecule has 5 heteroatoms. The second kappa shape index (κ2) is 6.84. The van der Waals surface area contributed by atoms with E-state index in [0.29, 0.717) is 19.4 Å². The Bertz CT molecular complexity index is 171. The number of rotatable bonds is 6. The summed E-state index contributed by atoms with van der Waals surface area (Å²) in [6.45, 7) is 4.41. The summed E-state index contributed by atoms with van der Waals surface area (Å²) in [5.41, 5.74) is 0. The lowest BCUT2D eigenvalue weighted by Crippen LogP contribution is -1.97. The van der Waals surface area contributed by atoms with Crippen LogP contribution in [0.1, 0.15) is 13.8 Å². The van der Waals surface area contributed by atoms with Crippen LogP contribution >= 0.6 is 23.5 Å². The molecule has 0 bridgehead atoms. The lowest BCUT2D eigenvalue weighted by Gasteiger charge is -2.14. The zero-order chi connectivity index (χ0) is 9.45. The topological polar surface area (TPSA) is 35.5 Å². The van der Waals surface area contributed by atoms with Crippen LogP contribution in [-0.2, 0) is 13.6 Å². The monoisotopic (exact) mass is 256 g/mol. The average molecular weight is 257 g/mol. The van der Waals surface area contributed by atoms with Crippen LogP contribution in [0.2, 0.25) is 0 Å². The van der Waals surface area contributed by atoms with E-state index in [9.17, 15) is 4.57 Å². The molecule has 0 saturated heterocycles. The third-order valence-electron chi connectivity index (χ3n) is 1.07. The molecule has 0 atom stereocenters. The van der Waals surface area contributed by atoms with Gasteiger partial charge >= 0.3 is 7.60 Å². The highest BCUT2D eigenvalue weighted by molar-refractivity contribution is 9.11. The van der Waals surface area contributed by atoms with Crippen molar-refractivity contribution in [1.82, 2.24) is 0 Å². The molecule has 0 fully saturated rings. The van der Waals surface area contributed by atoms with Crippen molar-refractivity contribution in [3.63, 3.8) is 0 Å². The van der Waals surface area contributed by atoms with Crippen molar-refractivity contribution in [3.05, 3.63) is 11.1 Å². The van der Waals surface area contributed by atoms with Gasteiger partial charge in [-0.25, -0.2) is 0 Å². The van der Waals surface area contributed by atoms with Gasteiger partial charge in [0.2, 0.25) is 0 Å². The van der Waals surface area contributed by atoms with E-state index in [0.717, 1.165) is 0 Å². The minimum Gasteiger partial charge on any atom is -0.309 e. The average Bonchev–Trinajstić information content (AvgIpc) is 2.02. The number of halogens is 1. The SMILES string of the molecule is CCOP(=O)(C/C=C/Br)OCC. The fourth-order valence-electron chi connectivity index (χ4n) is 0.705. The van der Waals surface area contributed by atoms with Gasteiger partial charge in [-0.3, -0.25) is 4.57 Å². The third kappa shape index (κ3) is 5.09. The molecular formula is C7H14BrO3P. The van der Waals surface area contributed by atoms with Gasteiger partial charge in [0.1, 0.15) is 0 Å². The van der Waals surface area contributed by atoms with Gasteiger partial charge in [-0.2, -0.15) is 0 Å². The Morgan fingerprint density at radius 1 is 1.33 bits per heavy atom. The first-order chi connectivity index (χ1) is 5.68. The minimum absolute atomic E-state index is 0.319. The Hall–Kier alpha value is 0.370. The van der Waals surface area contributed by atoms with Crippen molar-refractivity contribution in [2.24, 2.45) is 0 Å². The molecule has 0 saturated carbocycles. The van der Waals surface area contributed by atoms with Crippen LogP contribution in [0.5, 0.6) is 0 Å². The second-order valence-corrected chi connectivity index (χ2v) is 4.62. The second-order valence-electron chi connectivity index (χ2n) is 1.99. The molecule has 0 aliphatic rings. The number of hydrogen-bond donors (Lipinski definition) is 0. The van der Waals surface area contributed by atoms with Crippen molar-refractivity contribution in [1.29, 1.82) is 0 Å². The quantitative estimate of drug-likeness (QED) is 0.685. The van der Waals surface area contributed by atoms with Crippen LogP contribution in [0.4, 0.5) is 0 Å². The van der Waals surface area contributed by atoms with E-state index in [-0.39, 0.29) is 0 Å². The summed E-state index contributed by atoms with van der Waals surface area (Å²) in [5, 5.41) is 0. The maximum atomic E-state index is 11.7. The molecule has 0 N–H and O–H groups in total. The Kier molecular flexibility index (Phi) is 7.05. The van der Waals surface area contributed by atoms with E-state index < -0.39 is 7.60 Å². The fraction of sp³-hybridized carbons (Fsp3) is 0.714. The molecule has 0 aromatic carbocycles. The largest absolute Gasteiger partial charge is 0.334 e. The Balaban J connectivity index is 4.08. The molecule has 12 heavy (non-hydrogen) atoms. The maximum Gasteiger partial charge on any atom is 0.334 e. The first-order valence-electron chi connectivity index (χ1n) is 3.82. The van der Waals surface area contributed by atoms with Gasteiger partial charge in [0.25, 0.3) is 0 Å². The van der Waals surface area contributed by atoms with E-state index in [1.807, 2.05) is 0 Å². The van der Waals surface area contributed by atoms with Crippen molar-refractivity contribution < 1.29 is 13.6 Å². The standard InChI is InChI=1S/C7H14BrO3P/c1-3-10-12(9,11-4-2)7-5-6-8/h5-6H,3-4,7H2,1-2H3/b6-5+. The van der Waals surface area contributed by atoms with E-state index in [4.69, 9.17) is 9.05 Å². The summed E-state index contributed by atoms with van der Waals surface area (Å²) >= 11 is 3.09. The molecular weight excluding hydrogens is 243 g/mol. The number of hydrogen-bond acceptors (Lipinski definition) is 3. The molecule has 0 spiro atoms. The van der Waals surface area contributed by atoms with E-state index in [1.165, 1.54) is 0 Å². The lowest BCUT2D eigenvalue weighted by molar-refractivity contribution is 0.222. The van der Waals surface area contributed by atoms with Gasteiger partial charge in [-0.05, 0) is 18.8 Å². The Morgan fingerprint density at radius 3 is 2.17 bits per heavy atom. The van der Waals surface area contributed by atoms with Crippen LogP contribution in [0.15, 0.2) is 11.1 Å². The van der Waals surface area contributed by atoms with Gasteiger partial charge in [-0.15, -0.1) is 0 Å². The molecule has 0 aromatic rings. The first kappa shape index (κ1) is 12.4. The molecule has 0 radical (unpaired) electrons. The fourth-order valence-corrected chi connectivity index (χ4v) is 2.62. The van der Waals surface area contributed by atoms with Gasteiger partial charge in [-0.1, -0.05) is 22.0 Å². The first-order valence-corrected chi connectivity index (χ1v) is 6.46. The summed E-state index contributed by atoms with van der Waals surface area (Å²) in [6.07, 6.45) is 2.03. The van der Waals surface area contributed by atoms with E-state index in [2.05, 4.69) is 15.9 Å². The smallest absolute Gasteiger partial charge is 0.309 e. The summed E-state index contributed by atoms with van der Waals surface area (Å²) in [5.74, 6) is 0. The van der Waals surface area contributed by atoms with Crippen LogP contribution in [0.3, 0.4) is 0 Å². The molecule has 0 amide bonds. The predicted molar refractivity (Wildman–Crippen MR) is 53.8 cm³/mol. The number of allylic oxidation sites excluding steroid dienone is 1. The highest BCUT2D eigenvalue weighted by Gasteiger charge is 2.20. The van der Waals surface area contributed by atoms with Gasteiger partial charge in [0.05, 0.1) is 19.4 Å². The summed E-state index contributed by atoms with van der Waals surface area (Å²) in [4.78, 5) is 1.65. The third-order valence-corrected chi connectivity index (χ3v) is 3.40. The Labute approximate surface area is 81.8 Å². The molecule has 0 heterocycles. The molecule has 0 unspecified atom stereocenters. The molecule has 0 aliphatic carbocycles. The van der Waals surface area contributed by atoms with Crippen LogP contribution in [0, 0.1) is 0 Å². The molecule has 0 rings (SSSR count). The Morgan fingerprint density at radius 2 is 1.83 bits per heavy atom. The van der Waals surface area contributed by atoms with Gasteiger partial charge in [0.15, 0.2) is 0 Å². The van der Waals surface area contributed by atoms with E-state index >= 15 is 0 Å². The molecule has 0 aromatic heterocycles. The molecule has 3 nitrogen and oxygen atoms in total. The van der Waals surface area contributed by atoms with Crippen LogP contribution in [-0.4, -0.2) is 19.4 Å².